The number of para-hydroxylation sites is 2. The van der Waals surface area contributed by atoms with Crippen molar-refractivity contribution in [1.82, 2.24) is 10.2 Å². The normalized spacial score (nSPS) is 17.0. The number of rotatable bonds is 6. The van der Waals surface area contributed by atoms with Gasteiger partial charge >= 0.3 is 0 Å². The van der Waals surface area contributed by atoms with Gasteiger partial charge in [0.05, 0.1) is 12.6 Å². The number of hydrogen-bond acceptors (Lipinski definition) is 4. The van der Waals surface area contributed by atoms with Crippen LogP contribution >= 0.6 is 11.6 Å². The molecule has 2 aromatic rings. The van der Waals surface area contributed by atoms with Gasteiger partial charge in [0.15, 0.2) is 18.1 Å². The van der Waals surface area contributed by atoms with Gasteiger partial charge in [-0.15, -0.1) is 0 Å². The van der Waals surface area contributed by atoms with E-state index in [1.807, 2.05) is 60.4 Å². The molecule has 1 N–H and O–H groups in total. The van der Waals surface area contributed by atoms with E-state index in [0.717, 1.165) is 12.1 Å². The third-order valence-electron chi connectivity index (χ3n) is 4.33. The standard InChI is InChI=1S/C20H23ClN2O3/c1-2-25-18-9-5-6-10-19(18)26-14-20(24)23-12-11-22-13-17(23)15-7-3-4-8-16(15)21/h3-10,17,22H,2,11-14H2,1H3. The fourth-order valence-corrected chi connectivity index (χ4v) is 3.35. The summed E-state index contributed by atoms with van der Waals surface area (Å²) in [6.07, 6.45) is 0. The van der Waals surface area contributed by atoms with Crippen LogP contribution in [-0.2, 0) is 4.79 Å². The van der Waals surface area contributed by atoms with Crippen LogP contribution in [0.3, 0.4) is 0 Å². The van der Waals surface area contributed by atoms with Crippen LogP contribution in [0.1, 0.15) is 18.5 Å². The molecular formula is C20H23ClN2O3. The van der Waals surface area contributed by atoms with E-state index < -0.39 is 0 Å². The number of carbonyl (C=O) groups is 1. The largest absolute Gasteiger partial charge is 0.490 e. The average Bonchev–Trinajstić information content (AvgIpc) is 2.68. The van der Waals surface area contributed by atoms with Crippen molar-refractivity contribution in [3.63, 3.8) is 0 Å². The van der Waals surface area contributed by atoms with Crippen molar-refractivity contribution in [2.45, 2.75) is 13.0 Å². The lowest BCUT2D eigenvalue weighted by Gasteiger charge is -2.36. The highest BCUT2D eigenvalue weighted by Gasteiger charge is 2.29. The van der Waals surface area contributed by atoms with Crippen LogP contribution in [0.15, 0.2) is 48.5 Å². The topological polar surface area (TPSA) is 50.8 Å². The smallest absolute Gasteiger partial charge is 0.261 e. The Morgan fingerprint density at radius 3 is 2.58 bits per heavy atom. The van der Waals surface area contributed by atoms with Crippen LogP contribution in [0, 0.1) is 0 Å². The number of benzene rings is 2. The van der Waals surface area contributed by atoms with Crippen molar-refractivity contribution in [2.24, 2.45) is 0 Å². The van der Waals surface area contributed by atoms with Crippen molar-refractivity contribution in [1.29, 1.82) is 0 Å². The number of halogens is 1. The lowest BCUT2D eigenvalue weighted by molar-refractivity contribution is -0.136. The molecule has 1 saturated heterocycles. The number of nitrogens with one attached hydrogen (secondary N) is 1. The molecule has 26 heavy (non-hydrogen) atoms. The number of ether oxygens (including phenoxy) is 2. The molecule has 0 aliphatic carbocycles. The number of nitrogens with zero attached hydrogens (tertiary/aromatic N) is 1. The molecule has 138 valence electrons. The van der Waals surface area contributed by atoms with Crippen LogP contribution in [0.4, 0.5) is 0 Å². The van der Waals surface area contributed by atoms with Gasteiger partial charge in [0.1, 0.15) is 0 Å². The quantitative estimate of drug-likeness (QED) is 0.843. The molecule has 1 heterocycles. The second kappa shape index (κ2) is 8.92. The zero-order valence-electron chi connectivity index (χ0n) is 14.8. The summed E-state index contributed by atoms with van der Waals surface area (Å²) in [5.41, 5.74) is 0.949. The molecule has 1 fully saturated rings. The molecule has 1 aliphatic heterocycles. The van der Waals surface area contributed by atoms with Crippen molar-refractivity contribution < 1.29 is 14.3 Å². The van der Waals surface area contributed by atoms with E-state index in [1.54, 1.807) is 0 Å². The first-order valence-corrected chi connectivity index (χ1v) is 9.17. The Balaban J connectivity index is 1.71. The monoisotopic (exact) mass is 374 g/mol. The molecule has 0 bridgehead atoms. The predicted octanol–water partition coefficient (Wildman–Crippen LogP) is 3.29. The van der Waals surface area contributed by atoms with Crippen LogP contribution in [0.2, 0.25) is 5.02 Å². The first-order valence-electron chi connectivity index (χ1n) is 8.80. The maximum Gasteiger partial charge on any atom is 0.261 e. The molecule has 0 spiro atoms. The minimum atomic E-state index is -0.101. The van der Waals surface area contributed by atoms with Crippen LogP contribution in [0.25, 0.3) is 0 Å². The second-order valence-corrected chi connectivity index (χ2v) is 6.40. The molecular weight excluding hydrogens is 352 g/mol. The Morgan fingerprint density at radius 1 is 1.15 bits per heavy atom. The van der Waals surface area contributed by atoms with Gasteiger partial charge in [0.2, 0.25) is 0 Å². The molecule has 5 nitrogen and oxygen atoms in total. The summed E-state index contributed by atoms with van der Waals surface area (Å²) in [7, 11) is 0. The number of amides is 1. The molecule has 6 heteroatoms. The van der Waals surface area contributed by atoms with Crippen molar-refractivity contribution in [3.05, 3.63) is 59.1 Å². The van der Waals surface area contributed by atoms with Crippen molar-refractivity contribution in [2.75, 3.05) is 32.8 Å². The molecule has 0 radical (unpaired) electrons. The summed E-state index contributed by atoms with van der Waals surface area (Å²) in [4.78, 5) is 14.7. The minimum Gasteiger partial charge on any atom is -0.490 e. The lowest BCUT2D eigenvalue weighted by atomic mass is 10.0. The highest BCUT2D eigenvalue weighted by atomic mass is 35.5. The average molecular weight is 375 g/mol. The van der Waals surface area contributed by atoms with E-state index >= 15 is 0 Å². The molecule has 1 amide bonds. The van der Waals surface area contributed by atoms with Gasteiger partial charge in [-0.1, -0.05) is 41.9 Å². The Morgan fingerprint density at radius 2 is 1.85 bits per heavy atom. The summed E-state index contributed by atoms with van der Waals surface area (Å²) in [6.45, 7) is 4.46. The highest BCUT2D eigenvalue weighted by Crippen LogP contribution is 2.29. The fourth-order valence-electron chi connectivity index (χ4n) is 3.09. The van der Waals surface area contributed by atoms with Gasteiger partial charge < -0.3 is 19.7 Å². The van der Waals surface area contributed by atoms with E-state index in [9.17, 15) is 4.79 Å². The lowest BCUT2D eigenvalue weighted by Crippen LogP contribution is -2.50. The van der Waals surface area contributed by atoms with E-state index in [4.69, 9.17) is 21.1 Å². The van der Waals surface area contributed by atoms with E-state index in [0.29, 0.717) is 36.2 Å². The van der Waals surface area contributed by atoms with Gasteiger partial charge in [0, 0.05) is 24.7 Å². The first-order chi connectivity index (χ1) is 12.7. The molecule has 2 aromatic carbocycles. The fraction of sp³-hybridized carbons (Fsp3) is 0.350. The zero-order valence-corrected chi connectivity index (χ0v) is 15.5. The maximum absolute atomic E-state index is 12.8. The van der Waals surface area contributed by atoms with E-state index in [2.05, 4.69) is 5.32 Å². The summed E-state index contributed by atoms with van der Waals surface area (Å²) in [5.74, 6) is 1.15. The molecule has 1 atom stereocenters. The van der Waals surface area contributed by atoms with Gasteiger partial charge in [-0.2, -0.15) is 0 Å². The predicted molar refractivity (Wildman–Crippen MR) is 102 cm³/mol. The third kappa shape index (κ3) is 4.29. The second-order valence-electron chi connectivity index (χ2n) is 6.00. The third-order valence-corrected chi connectivity index (χ3v) is 4.67. The number of piperazine rings is 1. The molecule has 0 saturated carbocycles. The number of carbonyl (C=O) groups excluding carboxylic acids is 1. The van der Waals surface area contributed by atoms with Crippen LogP contribution in [-0.4, -0.2) is 43.7 Å². The highest BCUT2D eigenvalue weighted by molar-refractivity contribution is 6.31. The Kier molecular flexibility index (Phi) is 6.36. The molecule has 1 aliphatic rings. The van der Waals surface area contributed by atoms with E-state index in [-0.39, 0.29) is 18.6 Å². The maximum atomic E-state index is 12.8. The van der Waals surface area contributed by atoms with Crippen molar-refractivity contribution >= 4 is 17.5 Å². The summed E-state index contributed by atoms with van der Waals surface area (Å²) in [5, 5.41) is 4.00. The summed E-state index contributed by atoms with van der Waals surface area (Å²) >= 11 is 6.34. The Bertz CT molecular complexity index is 753. The van der Waals surface area contributed by atoms with Crippen molar-refractivity contribution in [3.8, 4) is 11.5 Å². The molecule has 1 unspecified atom stereocenters. The van der Waals surface area contributed by atoms with Gasteiger partial charge in [0.25, 0.3) is 5.91 Å². The van der Waals surface area contributed by atoms with Gasteiger partial charge in [-0.05, 0) is 30.7 Å². The van der Waals surface area contributed by atoms with Gasteiger partial charge in [-0.3, -0.25) is 4.79 Å². The van der Waals surface area contributed by atoms with Crippen LogP contribution in [0.5, 0.6) is 11.5 Å². The molecule has 0 aromatic heterocycles. The van der Waals surface area contributed by atoms with E-state index in [1.165, 1.54) is 0 Å². The summed E-state index contributed by atoms with van der Waals surface area (Å²) in [6, 6.07) is 14.9. The SMILES string of the molecule is CCOc1ccccc1OCC(=O)N1CCNCC1c1ccccc1Cl. The van der Waals surface area contributed by atoms with Crippen LogP contribution < -0.4 is 14.8 Å². The summed E-state index contributed by atoms with van der Waals surface area (Å²) < 4.78 is 11.3. The zero-order chi connectivity index (χ0) is 18.4. The Hall–Kier alpha value is -2.24. The minimum absolute atomic E-state index is 0.0367. The first kappa shape index (κ1) is 18.5. The Labute approximate surface area is 158 Å². The molecule has 3 rings (SSSR count). The number of hydrogen-bond donors (Lipinski definition) is 1. The van der Waals surface area contributed by atoms with Gasteiger partial charge in [-0.25, -0.2) is 0 Å².